The van der Waals surface area contributed by atoms with Gasteiger partial charge in [0.25, 0.3) is 0 Å². The van der Waals surface area contributed by atoms with Gasteiger partial charge in [0.15, 0.2) is 0 Å². The zero-order chi connectivity index (χ0) is 17.6. The van der Waals surface area contributed by atoms with E-state index in [1.807, 2.05) is 42.5 Å². The Kier molecular flexibility index (Phi) is 5.49. The van der Waals surface area contributed by atoms with Crippen molar-refractivity contribution >= 4 is 23.2 Å². The summed E-state index contributed by atoms with van der Waals surface area (Å²) >= 11 is 0. The van der Waals surface area contributed by atoms with E-state index in [4.69, 9.17) is 0 Å². The van der Waals surface area contributed by atoms with E-state index in [2.05, 4.69) is 24.4 Å². The molecule has 0 unspecified atom stereocenters. The van der Waals surface area contributed by atoms with Crippen molar-refractivity contribution in [2.45, 2.75) is 32.6 Å². The number of anilines is 2. The van der Waals surface area contributed by atoms with Crippen LogP contribution in [0.4, 0.5) is 11.4 Å². The van der Waals surface area contributed by atoms with Crippen molar-refractivity contribution in [3.05, 3.63) is 60.2 Å². The number of hydrogen-bond donors (Lipinski definition) is 1. The molecule has 0 aromatic heterocycles. The highest BCUT2D eigenvalue weighted by molar-refractivity contribution is 6.03. The average Bonchev–Trinajstić information content (AvgIpc) is 3.04. The lowest BCUT2D eigenvalue weighted by Gasteiger charge is -2.16. The molecule has 1 saturated heterocycles. The fourth-order valence-electron chi connectivity index (χ4n) is 3.12. The van der Waals surface area contributed by atoms with E-state index >= 15 is 0 Å². The number of nitrogens with zero attached hydrogens (tertiary/aromatic N) is 1. The van der Waals surface area contributed by atoms with E-state index < -0.39 is 0 Å². The van der Waals surface area contributed by atoms with Gasteiger partial charge in [-0.2, -0.15) is 0 Å². The SMILES string of the molecule is CCCCc1ccc(NC(=O)[C@@H]2CC(=O)N(c3ccccc3)C2)cc1. The zero-order valence-electron chi connectivity index (χ0n) is 14.6. The second kappa shape index (κ2) is 7.97. The fraction of sp³-hybridized carbons (Fsp3) is 0.333. The molecule has 25 heavy (non-hydrogen) atoms. The van der Waals surface area contributed by atoms with Gasteiger partial charge in [-0.1, -0.05) is 43.7 Å². The normalized spacial score (nSPS) is 16.9. The van der Waals surface area contributed by atoms with Gasteiger partial charge in [-0.05, 0) is 42.7 Å². The molecule has 1 fully saturated rings. The molecule has 0 radical (unpaired) electrons. The van der Waals surface area contributed by atoms with Crippen LogP contribution in [0.1, 0.15) is 31.7 Å². The number of carbonyl (C=O) groups excluding carboxylic acids is 2. The van der Waals surface area contributed by atoms with E-state index in [0.717, 1.165) is 17.8 Å². The number of nitrogens with one attached hydrogen (secondary N) is 1. The highest BCUT2D eigenvalue weighted by Gasteiger charge is 2.35. The van der Waals surface area contributed by atoms with Gasteiger partial charge in [-0.15, -0.1) is 0 Å². The molecule has 4 heteroatoms. The molecule has 130 valence electrons. The van der Waals surface area contributed by atoms with E-state index in [9.17, 15) is 9.59 Å². The number of carbonyl (C=O) groups is 2. The van der Waals surface area contributed by atoms with Gasteiger partial charge >= 0.3 is 0 Å². The molecule has 1 aliphatic heterocycles. The summed E-state index contributed by atoms with van der Waals surface area (Å²) in [6.45, 7) is 2.61. The zero-order valence-corrected chi connectivity index (χ0v) is 14.6. The van der Waals surface area contributed by atoms with Gasteiger partial charge in [-0.3, -0.25) is 9.59 Å². The maximum Gasteiger partial charge on any atom is 0.229 e. The van der Waals surface area contributed by atoms with Crippen molar-refractivity contribution in [2.75, 3.05) is 16.8 Å². The minimum absolute atomic E-state index is 0.00117. The molecular formula is C21H24N2O2. The van der Waals surface area contributed by atoms with E-state index in [1.54, 1.807) is 4.90 Å². The first-order valence-corrected chi connectivity index (χ1v) is 8.92. The Labute approximate surface area is 148 Å². The van der Waals surface area contributed by atoms with Gasteiger partial charge in [-0.25, -0.2) is 0 Å². The van der Waals surface area contributed by atoms with E-state index in [1.165, 1.54) is 18.4 Å². The fourth-order valence-corrected chi connectivity index (χ4v) is 3.12. The van der Waals surface area contributed by atoms with Gasteiger partial charge < -0.3 is 10.2 Å². The molecule has 0 spiro atoms. The maximum atomic E-state index is 12.5. The Hall–Kier alpha value is -2.62. The van der Waals surface area contributed by atoms with Crippen LogP contribution >= 0.6 is 0 Å². The topological polar surface area (TPSA) is 49.4 Å². The predicted octanol–water partition coefficient (Wildman–Crippen LogP) is 4.02. The largest absolute Gasteiger partial charge is 0.326 e. The molecule has 0 bridgehead atoms. The summed E-state index contributed by atoms with van der Waals surface area (Å²) in [4.78, 5) is 26.4. The molecule has 1 N–H and O–H groups in total. The number of amides is 2. The lowest BCUT2D eigenvalue weighted by atomic mass is 10.1. The second-order valence-electron chi connectivity index (χ2n) is 6.53. The lowest BCUT2D eigenvalue weighted by Crippen LogP contribution is -2.28. The van der Waals surface area contributed by atoms with Crippen LogP contribution < -0.4 is 10.2 Å². The quantitative estimate of drug-likeness (QED) is 0.866. The van der Waals surface area contributed by atoms with Crippen molar-refractivity contribution in [1.29, 1.82) is 0 Å². The highest BCUT2D eigenvalue weighted by atomic mass is 16.2. The van der Waals surface area contributed by atoms with Crippen molar-refractivity contribution in [3.8, 4) is 0 Å². The Morgan fingerprint density at radius 2 is 1.84 bits per heavy atom. The summed E-state index contributed by atoms with van der Waals surface area (Å²) < 4.78 is 0. The Bertz CT molecular complexity index is 725. The third-order valence-electron chi connectivity index (χ3n) is 4.60. The highest BCUT2D eigenvalue weighted by Crippen LogP contribution is 2.25. The van der Waals surface area contributed by atoms with Crippen LogP contribution in [-0.4, -0.2) is 18.4 Å². The second-order valence-corrected chi connectivity index (χ2v) is 6.53. The Balaban J connectivity index is 1.59. The van der Waals surface area contributed by atoms with Crippen LogP contribution in [-0.2, 0) is 16.0 Å². The molecule has 2 aromatic carbocycles. The molecule has 0 aliphatic carbocycles. The maximum absolute atomic E-state index is 12.5. The number of para-hydroxylation sites is 1. The molecule has 1 heterocycles. The lowest BCUT2D eigenvalue weighted by molar-refractivity contribution is -0.122. The van der Waals surface area contributed by atoms with Crippen LogP contribution in [0.2, 0.25) is 0 Å². The summed E-state index contributed by atoms with van der Waals surface area (Å²) in [5.74, 6) is -0.401. The Morgan fingerprint density at radius 1 is 1.12 bits per heavy atom. The van der Waals surface area contributed by atoms with Crippen LogP contribution in [0.3, 0.4) is 0 Å². The monoisotopic (exact) mass is 336 g/mol. The minimum atomic E-state index is -0.313. The number of unbranched alkanes of at least 4 members (excludes halogenated alkanes) is 1. The summed E-state index contributed by atoms with van der Waals surface area (Å²) in [5, 5.41) is 2.94. The smallest absolute Gasteiger partial charge is 0.229 e. The van der Waals surface area contributed by atoms with Crippen LogP contribution in [0.5, 0.6) is 0 Å². The number of hydrogen-bond acceptors (Lipinski definition) is 2. The molecule has 1 aliphatic rings. The van der Waals surface area contributed by atoms with Gasteiger partial charge in [0.1, 0.15) is 0 Å². The van der Waals surface area contributed by atoms with Crippen molar-refractivity contribution < 1.29 is 9.59 Å². The number of aryl methyl sites for hydroxylation is 1. The predicted molar refractivity (Wildman–Crippen MR) is 101 cm³/mol. The summed E-state index contributed by atoms with van der Waals surface area (Å²) in [6.07, 6.45) is 3.67. The molecule has 3 rings (SSSR count). The first-order chi connectivity index (χ1) is 12.2. The minimum Gasteiger partial charge on any atom is -0.326 e. The van der Waals surface area contributed by atoms with Crippen molar-refractivity contribution in [1.82, 2.24) is 0 Å². The first-order valence-electron chi connectivity index (χ1n) is 8.92. The molecule has 0 saturated carbocycles. The molecule has 4 nitrogen and oxygen atoms in total. The van der Waals surface area contributed by atoms with Crippen LogP contribution in [0.25, 0.3) is 0 Å². The summed E-state index contributed by atoms with van der Waals surface area (Å²) in [5.41, 5.74) is 2.92. The van der Waals surface area contributed by atoms with Gasteiger partial charge in [0.2, 0.25) is 11.8 Å². The molecule has 2 amide bonds. The summed E-state index contributed by atoms with van der Waals surface area (Å²) in [7, 11) is 0. The van der Waals surface area contributed by atoms with Crippen LogP contribution in [0, 0.1) is 5.92 Å². The number of rotatable bonds is 6. The van der Waals surface area contributed by atoms with E-state index in [-0.39, 0.29) is 24.2 Å². The Morgan fingerprint density at radius 3 is 2.52 bits per heavy atom. The average molecular weight is 336 g/mol. The summed E-state index contributed by atoms with van der Waals surface area (Å²) in [6, 6.07) is 17.5. The first kappa shape index (κ1) is 17.2. The van der Waals surface area contributed by atoms with Gasteiger partial charge in [0, 0.05) is 24.3 Å². The van der Waals surface area contributed by atoms with Crippen molar-refractivity contribution in [3.63, 3.8) is 0 Å². The third kappa shape index (κ3) is 4.27. The molecule has 1 atom stereocenters. The van der Waals surface area contributed by atoms with Crippen LogP contribution in [0.15, 0.2) is 54.6 Å². The van der Waals surface area contributed by atoms with Crippen molar-refractivity contribution in [2.24, 2.45) is 5.92 Å². The van der Waals surface area contributed by atoms with Gasteiger partial charge in [0.05, 0.1) is 5.92 Å². The third-order valence-corrected chi connectivity index (χ3v) is 4.60. The molecule has 2 aromatic rings. The van der Waals surface area contributed by atoms with E-state index in [0.29, 0.717) is 6.54 Å². The number of benzene rings is 2. The molecular weight excluding hydrogens is 312 g/mol. The standard InChI is InChI=1S/C21H24N2O2/c1-2-3-7-16-10-12-18(13-11-16)22-21(25)17-14-20(24)23(15-17)19-8-5-4-6-9-19/h4-6,8-13,17H,2-3,7,14-15H2,1H3,(H,22,25)/t17-/m1/s1.